The molecule has 0 bridgehead atoms. The van der Waals surface area contributed by atoms with Crippen molar-refractivity contribution < 1.29 is 18.7 Å². The number of furan rings is 1. The Kier molecular flexibility index (Phi) is 6.99. The maximum Gasteiger partial charge on any atom is 0.331 e. The summed E-state index contributed by atoms with van der Waals surface area (Å²) in [5.74, 6) is -0.715. The van der Waals surface area contributed by atoms with Gasteiger partial charge in [-0.15, -0.1) is 0 Å². The monoisotopic (exact) mass is 295 g/mol. The molecule has 1 heterocycles. The van der Waals surface area contributed by atoms with Crippen LogP contribution in [0.15, 0.2) is 23.0 Å². The van der Waals surface area contributed by atoms with E-state index in [0.29, 0.717) is 18.6 Å². The number of amides is 1. The molecule has 0 saturated carbocycles. The van der Waals surface area contributed by atoms with Crippen LogP contribution in [0.2, 0.25) is 0 Å². The lowest BCUT2D eigenvalue weighted by atomic mass is 9.93. The number of rotatable bonds is 9. The second-order valence-corrected chi connectivity index (χ2v) is 5.33. The Hall–Kier alpha value is -1.78. The van der Waals surface area contributed by atoms with E-state index in [-0.39, 0.29) is 5.91 Å². The van der Waals surface area contributed by atoms with Gasteiger partial charge in [-0.05, 0) is 26.3 Å². The minimum atomic E-state index is -1.00. The largest absolute Gasteiger partial charge is 0.472 e. The van der Waals surface area contributed by atoms with Crippen molar-refractivity contribution in [3.63, 3.8) is 0 Å². The van der Waals surface area contributed by atoms with Gasteiger partial charge in [0.25, 0.3) is 5.91 Å². The highest BCUT2D eigenvalue weighted by Crippen LogP contribution is 2.18. The molecule has 0 aliphatic rings. The van der Waals surface area contributed by atoms with Gasteiger partial charge in [0.1, 0.15) is 11.8 Å². The molecule has 0 aliphatic carbocycles. The molecule has 1 aromatic rings. The molecule has 1 N–H and O–H groups in total. The topological polar surface area (TPSA) is 68.5 Å². The zero-order valence-electron chi connectivity index (χ0n) is 13.1. The van der Waals surface area contributed by atoms with Crippen molar-refractivity contribution in [1.29, 1.82) is 0 Å². The van der Waals surface area contributed by atoms with Gasteiger partial charge < -0.3 is 14.5 Å². The number of carbonyl (C=O) groups excluding carboxylic acids is 2. The molecular formula is C16H25NO4. The molecule has 118 valence electrons. The maximum absolute atomic E-state index is 12.2. The van der Waals surface area contributed by atoms with E-state index >= 15 is 0 Å². The minimum absolute atomic E-state index is 0.297. The van der Waals surface area contributed by atoms with Gasteiger partial charge in [-0.2, -0.15) is 0 Å². The smallest absolute Gasteiger partial charge is 0.331 e. The van der Waals surface area contributed by atoms with E-state index in [9.17, 15) is 9.59 Å². The molecular weight excluding hydrogens is 270 g/mol. The summed E-state index contributed by atoms with van der Waals surface area (Å²) in [4.78, 5) is 24.3. The number of hydrogen-bond acceptors (Lipinski definition) is 4. The highest BCUT2D eigenvalue weighted by molar-refractivity contribution is 5.97. The van der Waals surface area contributed by atoms with Crippen LogP contribution in [0.5, 0.6) is 0 Å². The first-order valence-corrected chi connectivity index (χ1v) is 7.55. The number of carbonyl (C=O) groups is 2. The lowest BCUT2D eigenvalue weighted by Crippen LogP contribution is -2.53. The lowest BCUT2D eigenvalue weighted by Gasteiger charge is -2.28. The average Bonchev–Trinajstić information content (AvgIpc) is 2.98. The van der Waals surface area contributed by atoms with Crippen LogP contribution in [-0.4, -0.2) is 24.0 Å². The SMILES string of the molecule is CCCCCCC(C)(NC(=O)c1ccoc1)C(=O)OCC. The first kappa shape index (κ1) is 17.3. The van der Waals surface area contributed by atoms with Crippen LogP contribution in [0, 0.1) is 0 Å². The summed E-state index contributed by atoms with van der Waals surface area (Å²) in [6.07, 6.45) is 7.50. The summed E-state index contributed by atoms with van der Waals surface area (Å²) in [6.45, 7) is 5.90. The molecule has 0 aliphatic heterocycles. The number of ether oxygens (including phenoxy) is 1. The van der Waals surface area contributed by atoms with E-state index in [4.69, 9.17) is 9.15 Å². The second kappa shape index (κ2) is 8.49. The Morgan fingerprint density at radius 3 is 2.62 bits per heavy atom. The summed E-state index contributed by atoms with van der Waals surface area (Å²) < 4.78 is 10.00. The van der Waals surface area contributed by atoms with E-state index in [0.717, 1.165) is 25.7 Å². The molecule has 5 nitrogen and oxygen atoms in total. The average molecular weight is 295 g/mol. The Morgan fingerprint density at radius 2 is 2.05 bits per heavy atom. The van der Waals surface area contributed by atoms with Gasteiger partial charge >= 0.3 is 5.97 Å². The van der Waals surface area contributed by atoms with Crippen LogP contribution in [0.4, 0.5) is 0 Å². The molecule has 5 heteroatoms. The zero-order chi connectivity index (χ0) is 15.7. The first-order chi connectivity index (χ1) is 10.0. The predicted octanol–water partition coefficient (Wildman–Crippen LogP) is 3.30. The third-order valence-corrected chi connectivity index (χ3v) is 3.43. The number of nitrogens with one attached hydrogen (secondary N) is 1. The van der Waals surface area contributed by atoms with Gasteiger partial charge in [0.2, 0.25) is 0 Å². The summed E-state index contributed by atoms with van der Waals surface area (Å²) in [5.41, 5.74) is -0.600. The van der Waals surface area contributed by atoms with Gasteiger partial charge in [0.15, 0.2) is 0 Å². The van der Waals surface area contributed by atoms with Crippen LogP contribution < -0.4 is 5.32 Å². The highest BCUT2D eigenvalue weighted by atomic mass is 16.5. The van der Waals surface area contributed by atoms with Crippen LogP contribution in [-0.2, 0) is 9.53 Å². The molecule has 21 heavy (non-hydrogen) atoms. The van der Waals surface area contributed by atoms with Crippen molar-refractivity contribution >= 4 is 11.9 Å². The van der Waals surface area contributed by atoms with Crippen molar-refractivity contribution in [2.45, 2.75) is 58.4 Å². The van der Waals surface area contributed by atoms with Gasteiger partial charge in [-0.3, -0.25) is 4.79 Å². The molecule has 0 aromatic carbocycles. The Bertz CT molecular complexity index is 441. The molecule has 0 radical (unpaired) electrons. The maximum atomic E-state index is 12.2. The minimum Gasteiger partial charge on any atom is -0.472 e. The van der Waals surface area contributed by atoms with Crippen molar-refractivity contribution in [1.82, 2.24) is 5.32 Å². The Morgan fingerprint density at radius 1 is 1.29 bits per heavy atom. The highest BCUT2D eigenvalue weighted by Gasteiger charge is 2.36. The normalized spacial score (nSPS) is 13.5. The van der Waals surface area contributed by atoms with Gasteiger partial charge in [0.05, 0.1) is 18.4 Å². The molecule has 1 rings (SSSR count). The fourth-order valence-electron chi connectivity index (χ4n) is 2.13. The van der Waals surface area contributed by atoms with Crippen LogP contribution in [0.1, 0.15) is 63.2 Å². The van der Waals surface area contributed by atoms with Crippen molar-refractivity contribution in [3.8, 4) is 0 Å². The molecule has 0 fully saturated rings. The van der Waals surface area contributed by atoms with E-state index in [1.807, 2.05) is 0 Å². The van der Waals surface area contributed by atoms with E-state index < -0.39 is 11.5 Å². The summed E-state index contributed by atoms with van der Waals surface area (Å²) in [7, 11) is 0. The van der Waals surface area contributed by atoms with E-state index in [1.165, 1.54) is 12.5 Å². The summed E-state index contributed by atoms with van der Waals surface area (Å²) in [6, 6.07) is 1.57. The van der Waals surface area contributed by atoms with Crippen molar-refractivity contribution in [2.24, 2.45) is 0 Å². The Balaban J connectivity index is 2.70. The number of hydrogen-bond donors (Lipinski definition) is 1. The molecule has 0 saturated heterocycles. The summed E-state index contributed by atoms with van der Waals surface area (Å²) in [5, 5.41) is 2.78. The quantitative estimate of drug-likeness (QED) is 0.560. The van der Waals surface area contributed by atoms with Crippen molar-refractivity contribution in [2.75, 3.05) is 6.61 Å². The van der Waals surface area contributed by atoms with E-state index in [1.54, 1.807) is 19.9 Å². The zero-order valence-corrected chi connectivity index (χ0v) is 13.1. The second-order valence-electron chi connectivity index (χ2n) is 5.33. The fourth-order valence-corrected chi connectivity index (χ4v) is 2.13. The third-order valence-electron chi connectivity index (χ3n) is 3.43. The first-order valence-electron chi connectivity index (χ1n) is 7.55. The van der Waals surface area contributed by atoms with E-state index in [2.05, 4.69) is 12.2 Å². The van der Waals surface area contributed by atoms with Crippen LogP contribution >= 0.6 is 0 Å². The molecule has 1 amide bonds. The predicted molar refractivity (Wildman–Crippen MR) is 80.0 cm³/mol. The number of esters is 1. The van der Waals surface area contributed by atoms with Gasteiger partial charge in [0, 0.05) is 0 Å². The number of unbranched alkanes of at least 4 members (excludes halogenated alkanes) is 3. The summed E-state index contributed by atoms with van der Waals surface area (Å²) >= 11 is 0. The standard InChI is InChI=1S/C16H25NO4/c1-4-6-7-8-10-16(3,15(19)21-5-2)17-14(18)13-9-11-20-12-13/h9,11-12H,4-8,10H2,1-3H3,(H,17,18). The molecule has 1 atom stereocenters. The van der Waals surface area contributed by atoms with Crippen LogP contribution in [0.3, 0.4) is 0 Å². The molecule has 1 aromatic heterocycles. The van der Waals surface area contributed by atoms with Gasteiger partial charge in [-0.25, -0.2) is 4.79 Å². The lowest BCUT2D eigenvalue weighted by molar-refractivity contribution is -0.150. The molecule has 0 spiro atoms. The van der Waals surface area contributed by atoms with Gasteiger partial charge in [-0.1, -0.05) is 32.6 Å². The molecule has 1 unspecified atom stereocenters. The van der Waals surface area contributed by atoms with Crippen molar-refractivity contribution in [3.05, 3.63) is 24.2 Å². The van der Waals surface area contributed by atoms with Crippen LogP contribution in [0.25, 0.3) is 0 Å². The Labute approximate surface area is 126 Å². The fraction of sp³-hybridized carbons (Fsp3) is 0.625. The third kappa shape index (κ3) is 5.25.